The van der Waals surface area contributed by atoms with Crippen molar-refractivity contribution in [2.24, 2.45) is 0 Å². The SMILES string of the molecule is Cc1cc2c(=O)n(-c3ccc(N4CCNCC4)cc3)ccc2o1. The van der Waals surface area contributed by atoms with Crippen molar-refractivity contribution in [1.29, 1.82) is 0 Å². The van der Waals surface area contributed by atoms with Gasteiger partial charge in [0, 0.05) is 43.8 Å². The van der Waals surface area contributed by atoms with Crippen LogP contribution < -0.4 is 15.8 Å². The predicted octanol–water partition coefficient (Wildman–Crippen LogP) is 2.30. The Morgan fingerprint density at radius 2 is 1.74 bits per heavy atom. The van der Waals surface area contributed by atoms with Gasteiger partial charge in [-0.15, -0.1) is 0 Å². The van der Waals surface area contributed by atoms with Crippen LogP contribution >= 0.6 is 0 Å². The highest BCUT2D eigenvalue weighted by Gasteiger charge is 2.11. The minimum atomic E-state index is -0.0470. The van der Waals surface area contributed by atoms with Crippen molar-refractivity contribution in [3.05, 3.63) is 58.7 Å². The molecule has 4 rings (SSSR count). The van der Waals surface area contributed by atoms with Gasteiger partial charge in [0.25, 0.3) is 5.56 Å². The molecule has 5 heteroatoms. The number of aryl methyl sites for hydroxylation is 1. The number of hydrogen-bond acceptors (Lipinski definition) is 4. The van der Waals surface area contributed by atoms with E-state index in [4.69, 9.17) is 4.42 Å². The van der Waals surface area contributed by atoms with Gasteiger partial charge in [-0.1, -0.05) is 0 Å². The Bertz CT molecular complexity index is 887. The van der Waals surface area contributed by atoms with E-state index in [-0.39, 0.29) is 5.56 Å². The third kappa shape index (κ3) is 2.53. The van der Waals surface area contributed by atoms with Crippen molar-refractivity contribution in [3.8, 4) is 5.69 Å². The first-order valence-electron chi connectivity index (χ1n) is 7.90. The maximum atomic E-state index is 12.6. The number of anilines is 1. The summed E-state index contributed by atoms with van der Waals surface area (Å²) in [6.07, 6.45) is 1.77. The van der Waals surface area contributed by atoms with E-state index in [1.54, 1.807) is 16.8 Å². The first kappa shape index (κ1) is 14.1. The fraction of sp³-hybridized carbons (Fsp3) is 0.278. The molecule has 1 fully saturated rings. The van der Waals surface area contributed by atoms with Gasteiger partial charge in [-0.05, 0) is 43.3 Å². The Morgan fingerprint density at radius 3 is 2.48 bits per heavy atom. The summed E-state index contributed by atoms with van der Waals surface area (Å²) in [5.41, 5.74) is 2.66. The number of pyridine rings is 1. The fourth-order valence-electron chi connectivity index (χ4n) is 3.11. The van der Waals surface area contributed by atoms with Crippen molar-refractivity contribution < 1.29 is 4.42 Å². The number of nitrogens with one attached hydrogen (secondary N) is 1. The van der Waals surface area contributed by atoms with Crippen molar-refractivity contribution in [3.63, 3.8) is 0 Å². The highest BCUT2D eigenvalue weighted by Crippen LogP contribution is 2.19. The van der Waals surface area contributed by atoms with E-state index >= 15 is 0 Å². The summed E-state index contributed by atoms with van der Waals surface area (Å²) in [6.45, 7) is 5.90. The topological polar surface area (TPSA) is 50.4 Å². The van der Waals surface area contributed by atoms with E-state index in [0.29, 0.717) is 11.0 Å². The summed E-state index contributed by atoms with van der Waals surface area (Å²) >= 11 is 0. The van der Waals surface area contributed by atoms with E-state index in [9.17, 15) is 4.79 Å². The van der Waals surface area contributed by atoms with Gasteiger partial charge in [0.1, 0.15) is 11.3 Å². The molecule has 3 heterocycles. The summed E-state index contributed by atoms with van der Waals surface area (Å²) in [4.78, 5) is 15.0. The lowest BCUT2D eigenvalue weighted by atomic mass is 10.2. The fourth-order valence-corrected chi connectivity index (χ4v) is 3.11. The van der Waals surface area contributed by atoms with Crippen LogP contribution in [0.2, 0.25) is 0 Å². The number of furan rings is 1. The molecule has 23 heavy (non-hydrogen) atoms. The summed E-state index contributed by atoms with van der Waals surface area (Å²) < 4.78 is 7.18. The van der Waals surface area contributed by atoms with Gasteiger partial charge in [0.05, 0.1) is 5.39 Å². The molecule has 1 aliphatic rings. The van der Waals surface area contributed by atoms with E-state index in [2.05, 4.69) is 22.3 Å². The number of piperazine rings is 1. The Labute approximate surface area is 134 Å². The van der Waals surface area contributed by atoms with Crippen LogP contribution in [0.4, 0.5) is 5.69 Å². The second-order valence-corrected chi connectivity index (χ2v) is 5.88. The van der Waals surface area contributed by atoms with Crippen LogP contribution in [0.1, 0.15) is 5.76 Å². The zero-order valence-electron chi connectivity index (χ0n) is 13.1. The van der Waals surface area contributed by atoms with Crippen LogP contribution in [-0.2, 0) is 0 Å². The third-order valence-corrected chi connectivity index (χ3v) is 4.32. The molecule has 3 aromatic rings. The minimum absolute atomic E-state index is 0.0470. The van der Waals surface area contributed by atoms with E-state index in [1.165, 1.54) is 5.69 Å². The van der Waals surface area contributed by atoms with Crippen LogP contribution in [0, 0.1) is 6.92 Å². The van der Waals surface area contributed by atoms with E-state index in [1.807, 2.05) is 25.1 Å². The standard InChI is InChI=1S/C18H19N3O2/c1-13-12-16-17(23-13)6-9-21(18(16)22)15-4-2-14(3-5-15)20-10-7-19-8-11-20/h2-6,9,12,19H,7-8,10-11H2,1H3. The molecule has 5 nitrogen and oxygen atoms in total. The highest BCUT2D eigenvalue weighted by atomic mass is 16.3. The lowest BCUT2D eigenvalue weighted by molar-refractivity contribution is 0.578. The smallest absolute Gasteiger partial charge is 0.266 e. The van der Waals surface area contributed by atoms with E-state index < -0.39 is 0 Å². The molecule has 1 aliphatic heterocycles. The monoisotopic (exact) mass is 309 g/mol. The van der Waals surface area contributed by atoms with Crippen molar-refractivity contribution in [1.82, 2.24) is 9.88 Å². The van der Waals surface area contributed by atoms with Crippen molar-refractivity contribution >= 4 is 16.7 Å². The summed E-state index contributed by atoms with van der Waals surface area (Å²) in [6, 6.07) is 11.8. The van der Waals surface area contributed by atoms with E-state index in [0.717, 1.165) is 37.6 Å². The van der Waals surface area contributed by atoms with Crippen LogP contribution in [0.25, 0.3) is 16.7 Å². The van der Waals surface area contributed by atoms with Crippen LogP contribution in [0.15, 0.2) is 51.8 Å². The van der Waals surface area contributed by atoms with Gasteiger partial charge in [-0.3, -0.25) is 9.36 Å². The maximum absolute atomic E-state index is 12.6. The zero-order chi connectivity index (χ0) is 15.8. The molecular weight excluding hydrogens is 290 g/mol. The average Bonchev–Trinajstić information content (AvgIpc) is 2.98. The van der Waals surface area contributed by atoms with Crippen LogP contribution in [0.3, 0.4) is 0 Å². The highest BCUT2D eigenvalue weighted by molar-refractivity contribution is 5.77. The summed E-state index contributed by atoms with van der Waals surface area (Å²) in [5, 5.41) is 3.97. The number of nitrogens with zero attached hydrogens (tertiary/aromatic N) is 2. The van der Waals surface area contributed by atoms with Crippen LogP contribution in [-0.4, -0.2) is 30.7 Å². The normalized spacial score (nSPS) is 15.3. The first-order chi connectivity index (χ1) is 11.2. The number of fused-ring (bicyclic) bond motifs is 1. The molecule has 0 aliphatic carbocycles. The second kappa shape index (κ2) is 5.59. The molecule has 0 amide bonds. The lowest BCUT2D eigenvalue weighted by Crippen LogP contribution is -2.43. The molecule has 0 spiro atoms. The summed E-state index contributed by atoms with van der Waals surface area (Å²) in [5.74, 6) is 0.754. The molecule has 118 valence electrons. The molecule has 0 atom stereocenters. The number of rotatable bonds is 2. The quantitative estimate of drug-likeness (QED) is 0.789. The third-order valence-electron chi connectivity index (χ3n) is 4.32. The second-order valence-electron chi connectivity index (χ2n) is 5.88. The van der Waals surface area contributed by atoms with Gasteiger partial charge in [-0.25, -0.2) is 0 Å². The van der Waals surface area contributed by atoms with Gasteiger partial charge < -0.3 is 14.6 Å². The molecule has 0 saturated carbocycles. The average molecular weight is 309 g/mol. The molecule has 2 aromatic heterocycles. The number of hydrogen-bond donors (Lipinski definition) is 1. The number of benzene rings is 1. The first-order valence-corrected chi connectivity index (χ1v) is 7.90. The lowest BCUT2D eigenvalue weighted by Gasteiger charge is -2.29. The molecule has 1 saturated heterocycles. The largest absolute Gasteiger partial charge is 0.461 e. The van der Waals surface area contributed by atoms with Gasteiger partial charge in [-0.2, -0.15) is 0 Å². The van der Waals surface area contributed by atoms with Crippen LogP contribution in [0.5, 0.6) is 0 Å². The predicted molar refractivity (Wildman–Crippen MR) is 91.6 cm³/mol. The van der Waals surface area contributed by atoms with Gasteiger partial charge >= 0.3 is 0 Å². The van der Waals surface area contributed by atoms with Crippen molar-refractivity contribution in [2.45, 2.75) is 6.92 Å². The summed E-state index contributed by atoms with van der Waals surface area (Å²) in [7, 11) is 0. The maximum Gasteiger partial charge on any atom is 0.266 e. The molecule has 0 bridgehead atoms. The Kier molecular flexibility index (Phi) is 3.42. The van der Waals surface area contributed by atoms with Gasteiger partial charge in [0.15, 0.2) is 0 Å². The van der Waals surface area contributed by atoms with Crippen molar-refractivity contribution in [2.75, 3.05) is 31.1 Å². The molecule has 0 unspecified atom stereocenters. The Morgan fingerprint density at radius 1 is 1.04 bits per heavy atom. The molecule has 0 radical (unpaired) electrons. The van der Waals surface area contributed by atoms with Gasteiger partial charge in [0.2, 0.25) is 0 Å². The molecule has 1 N–H and O–H groups in total. The Balaban J connectivity index is 1.70. The zero-order valence-corrected chi connectivity index (χ0v) is 13.1. The minimum Gasteiger partial charge on any atom is -0.461 e. The molecule has 1 aromatic carbocycles. The molecular formula is C18H19N3O2. The Hall–Kier alpha value is -2.53. The number of aromatic nitrogens is 1.